The number of ether oxygens (including phenoxy) is 1. The lowest BCUT2D eigenvalue weighted by molar-refractivity contribution is 0.182. The summed E-state index contributed by atoms with van der Waals surface area (Å²) in [6.07, 6.45) is 5.40. The lowest BCUT2D eigenvalue weighted by Crippen LogP contribution is -2.32. The van der Waals surface area contributed by atoms with Gasteiger partial charge in [0.1, 0.15) is 5.82 Å². The van der Waals surface area contributed by atoms with E-state index in [1.807, 2.05) is 23.0 Å². The highest BCUT2D eigenvalue weighted by Crippen LogP contribution is 2.13. The normalized spacial score (nSPS) is 12.2. The maximum Gasteiger partial charge on any atom is 0.123 e. The van der Waals surface area contributed by atoms with Crippen molar-refractivity contribution in [2.24, 2.45) is 0 Å². The Morgan fingerprint density at radius 1 is 1.11 bits per heavy atom. The van der Waals surface area contributed by atoms with Crippen LogP contribution >= 0.6 is 0 Å². The van der Waals surface area contributed by atoms with Crippen molar-refractivity contribution in [3.63, 3.8) is 0 Å². The third-order valence-electron chi connectivity index (χ3n) is 4.63. The number of methoxy groups -OCH3 is 1. The number of aromatic nitrogens is 2. The molecule has 1 atom stereocenters. The molecule has 0 saturated carbocycles. The number of nitrogens with zero attached hydrogens (tertiary/aromatic N) is 2. The van der Waals surface area contributed by atoms with Gasteiger partial charge in [-0.1, -0.05) is 36.4 Å². The van der Waals surface area contributed by atoms with Crippen molar-refractivity contribution in [2.45, 2.75) is 32.0 Å². The first kappa shape index (κ1) is 19.3. The Hall–Kier alpha value is -2.50. The molecule has 0 aliphatic carbocycles. The lowest BCUT2D eigenvalue weighted by Gasteiger charge is -2.20. The largest absolute Gasteiger partial charge is 0.385 e. The molecule has 1 N–H and O–H groups in total. The summed E-state index contributed by atoms with van der Waals surface area (Å²) in [4.78, 5) is 0. The third-order valence-corrected chi connectivity index (χ3v) is 4.63. The topological polar surface area (TPSA) is 39.1 Å². The van der Waals surface area contributed by atoms with Gasteiger partial charge in [0.25, 0.3) is 0 Å². The molecule has 3 rings (SSSR count). The van der Waals surface area contributed by atoms with Gasteiger partial charge in [-0.15, -0.1) is 0 Å². The van der Waals surface area contributed by atoms with Crippen LogP contribution in [0, 0.1) is 5.82 Å². The highest BCUT2D eigenvalue weighted by atomic mass is 19.1. The van der Waals surface area contributed by atoms with Crippen LogP contribution in [0.2, 0.25) is 0 Å². The van der Waals surface area contributed by atoms with Gasteiger partial charge in [0.05, 0.1) is 6.54 Å². The van der Waals surface area contributed by atoms with Crippen molar-refractivity contribution in [2.75, 3.05) is 13.7 Å². The predicted molar refractivity (Wildman–Crippen MR) is 105 cm³/mol. The van der Waals surface area contributed by atoms with Gasteiger partial charge in [-0.3, -0.25) is 4.68 Å². The van der Waals surface area contributed by atoms with Gasteiger partial charge in [0.2, 0.25) is 0 Å². The maximum absolute atomic E-state index is 13.5. The number of rotatable bonds is 10. The Kier molecular flexibility index (Phi) is 7.13. The van der Waals surface area contributed by atoms with Crippen LogP contribution in [0.1, 0.15) is 23.1 Å². The minimum absolute atomic E-state index is 0.192. The van der Waals surface area contributed by atoms with Gasteiger partial charge < -0.3 is 10.1 Å². The van der Waals surface area contributed by atoms with Gasteiger partial charge in [0.15, 0.2) is 0 Å². The molecule has 1 heterocycles. The third kappa shape index (κ3) is 6.01. The van der Waals surface area contributed by atoms with Crippen LogP contribution < -0.4 is 5.32 Å². The molecule has 0 aliphatic rings. The number of hydrogen-bond acceptors (Lipinski definition) is 3. The number of nitrogens with one attached hydrogen (secondary N) is 1. The first-order valence-corrected chi connectivity index (χ1v) is 9.25. The van der Waals surface area contributed by atoms with E-state index in [-0.39, 0.29) is 11.9 Å². The second kappa shape index (κ2) is 10.00. The van der Waals surface area contributed by atoms with Crippen LogP contribution in [-0.4, -0.2) is 29.5 Å². The van der Waals surface area contributed by atoms with E-state index in [0.29, 0.717) is 6.61 Å². The minimum Gasteiger partial charge on any atom is -0.385 e. The molecule has 5 heteroatoms. The standard InChI is InChI=1S/C22H26FN3O/c1-27-13-10-22(15-18-6-4-9-21(23)14-18)24-16-19-7-2-3-8-20(19)17-26-12-5-11-25-26/h2-9,11-12,14,22,24H,10,13,15-17H2,1H3/t22-/m1/s1. The number of benzene rings is 2. The molecule has 3 aromatic rings. The molecule has 0 fully saturated rings. The zero-order valence-electron chi connectivity index (χ0n) is 15.6. The molecule has 4 nitrogen and oxygen atoms in total. The zero-order valence-corrected chi connectivity index (χ0v) is 15.6. The van der Waals surface area contributed by atoms with Crippen LogP contribution in [0.5, 0.6) is 0 Å². The van der Waals surface area contributed by atoms with E-state index < -0.39 is 0 Å². The number of halogens is 1. The Morgan fingerprint density at radius 2 is 1.96 bits per heavy atom. The molecule has 142 valence electrons. The fraction of sp³-hybridized carbons (Fsp3) is 0.318. The minimum atomic E-state index is -0.192. The molecule has 0 unspecified atom stereocenters. The van der Waals surface area contributed by atoms with Gasteiger partial charge in [-0.25, -0.2) is 4.39 Å². The SMILES string of the molecule is COCC[C@H](Cc1cccc(F)c1)NCc1ccccc1Cn1cccn1. The van der Waals surface area contributed by atoms with Gasteiger partial charge in [-0.2, -0.15) is 5.10 Å². The summed E-state index contributed by atoms with van der Waals surface area (Å²) in [7, 11) is 1.71. The summed E-state index contributed by atoms with van der Waals surface area (Å²) in [5.74, 6) is -0.192. The van der Waals surface area contributed by atoms with Crippen molar-refractivity contribution in [3.05, 3.63) is 89.5 Å². The predicted octanol–water partition coefficient (Wildman–Crippen LogP) is 3.81. The van der Waals surface area contributed by atoms with Crippen molar-refractivity contribution >= 4 is 0 Å². The first-order chi connectivity index (χ1) is 13.2. The van der Waals surface area contributed by atoms with E-state index in [2.05, 4.69) is 34.7 Å². The summed E-state index contributed by atoms with van der Waals surface area (Å²) in [5.41, 5.74) is 3.48. The lowest BCUT2D eigenvalue weighted by atomic mass is 10.0. The highest BCUT2D eigenvalue weighted by Gasteiger charge is 2.11. The summed E-state index contributed by atoms with van der Waals surface area (Å²) >= 11 is 0. The van der Waals surface area contributed by atoms with E-state index in [1.54, 1.807) is 25.4 Å². The van der Waals surface area contributed by atoms with E-state index in [4.69, 9.17) is 4.74 Å². The molecular formula is C22H26FN3O. The van der Waals surface area contributed by atoms with Crippen LogP contribution in [-0.2, 0) is 24.2 Å². The zero-order chi connectivity index (χ0) is 18.9. The van der Waals surface area contributed by atoms with E-state index in [1.165, 1.54) is 17.2 Å². The Balaban J connectivity index is 1.66. The van der Waals surface area contributed by atoms with Crippen molar-refractivity contribution in [1.82, 2.24) is 15.1 Å². The van der Waals surface area contributed by atoms with Gasteiger partial charge >= 0.3 is 0 Å². The molecule has 0 bridgehead atoms. The molecule has 0 radical (unpaired) electrons. The molecule has 1 aromatic heterocycles. The second-order valence-electron chi connectivity index (χ2n) is 6.67. The smallest absolute Gasteiger partial charge is 0.123 e. The van der Waals surface area contributed by atoms with Crippen molar-refractivity contribution in [3.8, 4) is 0 Å². The van der Waals surface area contributed by atoms with Crippen LogP contribution in [0.3, 0.4) is 0 Å². The van der Waals surface area contributed by atoms with Crippen LogP contribution in [0.4, 0.5) is 4.39 Å². The maximum atomic E-state index is 13.5. The Bertz CT molecular complexity index is 820. The average Bonchev–Trinajstić information content (AvgIpc) is 3.18. The molecule has 0 saturated heterocycles. The molecule has 2 aromatic carbocycles. The van der Waals surface area contributed by atoms with Crippen molar-refractivity contribution < 1.29 is 9.13 Å². The molecule has 27 heavy (non-hydrogen) atoms. The Labute approximate surface area is 160 Å². The van der Waals surface area contributed by atoms with Gasteiger partial charge in [0, 0.05) is 38.7 Å². The van der Waals surface area contributed by atoms with Gasteiger partial charge in [-0.05, 0) is 47.7 Å². The molecule has 0 spiro atoms. The summed E-state index contributed by atoms with van der Waals surface area (Å²) in [6.45, 7) is 2.17. The monoisotopic (exact) mass is 367 g/mol. The Morgan fingerprint density at radius 3 is 2.70 bits per heavy atom. The average molecular weight is 367 g/mol. The molecule has 0 aliphatic heterocycles. The summed E-state index contributed by atoms with van der Waals surface area (Å²) < 4.78 is 20.7. The first-order valence-electron chi connectivity index (χ1n) is 9.25. The fourth-order valence-electron chi connectivity index (χ4n) is 3.19. The highest BCUT2D eigenvalue weighted by molar-refractivity contribution is 5.27. The van der Waals surface area contributed by atoms with E-state index in [0.717, 1.165) is 31.5 Å². The molecule has 0 amide bonds. The fourth-order valence-corrected chi connectivity index (χ4v) is 3.19. The summed E-state index contributed by atoms with van der Waals surface area (Å²) in [6, 6.07) is 17.3. The quantitative estimate of drug-likeness (QED) is 0.592. The van der Waals surface area contributed by atoms with Crippen LogP contribution in [0.25, 0.3) is 0 Å². The van der Waals surface area contributed by atoms with Crippen molar-refractivity contribution in [1.29, 1.82) is 0 Å². The van der Waals surface area contributed by atoms with Crippen LogP contribution in [0.15, 0.2) is 67.0 Å². The van der Waals surface area contributed by atoms with E-state index >= 15 is 0 Å². The molecular weight excluding hydrogens is 341 g/mol. The second-order valence-corrected chi connectivity index (χ2v) is 6.67. The van der Waals surface area contributed by atoms with E-state index in [9.17, 15) is 4.39 Å². The summed E-state index contributed by atoms with van der Waals surface area (Å²) in [5, 5.41) is 7.92. The number of hydrogen-bond donors (Lipinski definition) is 1.